The first kappa shape index (κ1) is 15.8. The first-order chi connectivity index (χ1) is 8.48. The van der Waals surface area contributed by atoms with Crippen molar-refractivity contribution in [1.82, 2.24) is 10.2 Å². The summed E-state index contributed by atoms with van der Waals surface area (Å²) in [4.78, 5) is 25.5. The minimum absolute atomic E-state index is 0.0126. The number of hydrogen-bond acceptors (Lipinski definition) is 3. The van der Waals surface area contributed by atoms with E-state index in [9.17, 15) is 9.59 Å². The standard InChI is InChI=1S/C14H26N2O3/c1-13(2,3)15-11(17)10-7-8-16(9-10)12(18)19-14(4,5)6/h10H,7-9H2,1-6H3,(H,15,17). The lowest BCUT2D eigenvalue weighted by Crippen LogP contribution is -2.45. The maximum absolute atomic E-state index is 12.0. The van der Waals surface area contributed by atoms with Gasteiger partial charge in [-0.25, -0.2) is 4.79 Å². The summed E-state index contributed by atoms with van der Waals surface area (Å²) >= 11 is 0. The van der Waals surface area contributed by atoms with Gasteiger partial charge in [0.15, 0.2) is 0 Å². The number of nitrogens with zero attached hydrogens (tertiary/aromatic N) is 1. The molecule has 0 saturated carbocycles. The van der Waals surface area contributed by atoms with Crippen molar-refractivity contribution in [3.63, 3.8) is 0 Å². The van der Waals surface area contributed by atoms with Gasteiger partial charge in [0.05, 0.1) is 5.92 Å². The number of ether oxygens (including phenoxy) is 1. The second-order valence-electron chi connectivity index (χ2n) is 7.15. The molecule has 1 saturated heterocycles. The molecule has 0 spiro atoms. The second-order valence-corrected chi connectivity index (χ2v) is 7.15. The monoisotopic (exact) mass is 270 g/mol. The molecule has 2 amide bonds. The zero-order valence-corrected chi connectivity index (χ0v) is 12.9. The molecule has 0 aromatic heterocycles. The highest BCUT2D eigenvalue weighted by Gasteiger charge is 2.34. The summed E-state index contributed by atoms with van der Waals surface area (Å²) in [5.74, 6) is -0.120. The van der Waals surface area contributed by atoms with Gasteiger partial charge in [-0.1, -0.05) is 0 Å². The maximum Gasteiger partial charge on any atom is 0.410 e. The third kappa shape index (κ3) is 5.49. The van der Waals surface area contributed by atoms with Crippen LogP contribution in [0, 0.1) is 5.92 Å². The highest BCUT2D eigenvalue weighted by atomic mass is 16.6. The zero-order chi connectivity index (χ0) is 14.8. The van der Waals surface area contributed by atoms with Gasteiger partial charge in [0.25, 0.3) is 0 Å². The Balaban J connectivity index is 2.50. The average molecular weight is 270 g/mol. The largest absolute Gasteiger partial charge is 0.444 e. The zero-order valence-electron chi connectivity index (χ0n) is 12.9. The van der Waals surface area contributed by atoms with Gasteiger partial charge in [0.2, 0.25) is 5.91 Å². The third-order valence-electron chi connectivity index (χ3n) is 2.71. The van der Waals surface area contributed by atoms with Crippen LogP contribution in [0.4, 0.5) is 4.79 Å². The van der Waals surface area contributed by atoms with Crippen molar-refractivity contribution in [1.29, 1.82) is 0 Å². The Morgan fingerprint density at radius 1 is 1.16 bits per heavy atom. The summed E-state index contributed by atoms with van der Waals surface area (Å²) in [5, 5.41) is 2.95. The van der Waals surface area contributed by atoms with Crippen molar-refractivity contribution in [3.05, 3.63) is 0 Å². The van der Waals surface area contributed by atoms with Gasteiger partial charge in [0, 0.05) is 18.6 Å². The number of likely N-dealkylation sites (tertiary alicyclic amines) is 1. The van der Waals surface area contributed by atoms with Crippen molar-refractivity contribution >= 4 is 12.0 Å². The van der Waals surface area contributed by atoms with Crippen molar-refractivity contribution in [2.24, 2.45) is 5.92 Å². The summed E-state index contributed by atoms with van der Waals surface area (Å²) in [6.45, 7) is 12.4. The summed E-state index contributed by atoms with van der Waals surface area (Å²) in [6.07, 6.45) is 0.361. The Morgan fingerprint density at radius 2 is 1.74 bits per heavy atom. The van der Waals surface area contributed by atoms with Crippen molar-refractivity contribution in [3.8, 4) is 0 Å². The van der Waals surface area contributed by atoms with Gasteiger partial charge in [-0.05, 0) is 48.0 Å². The van der Waals surface area contributed by atoms with Gasteiger partial charge in [-0.3, -0.25) is 4.79 Å². The van der Waals surface area contributed by atoms with Crippen LogP contribution in [0.3, 0.4) is 0 Å². The number of hydrogen-bond donors (Lipinski definition) is 1. The van der Waals surface area contributed by atoms with Gasteiger partial charge in [-0.2, -0.15) is 0 Å². The molecule has 19 heavy (non-hydrogen) atoms. The van der Waals surface area contributed by atoms with Gasteiger partial charge < -0.3 is 15.0 Å². The maximum atomic E-state index is 12.0. The first-order valence-electron chi connectivity index (χ1n) is 6.78. The lowest BCUT2D eigenvalue weighted by Gasteiger charge is -2.25. The van der Waals surface area contributed by atoms with E-state index < -0.39 is 5.60 Å². The molecular weight excluding hydrogens is 244 g/mol. The molecular formula is C14H26N2O3. The molecule has 110 valence electrons. The molecule has 1 unspecified atom stereocenters. The van der Waals surface area contributed by atoms with Crippen LogP contribution >= 0.6 is 0 Å². The van der Waals surface area contributed by atoms with E-state index in [0.717, 1.165) is 0 Å². The van der Waals surface area contributed by atoms with Gasteiger partial charge in [-0.15, -0.1) is 0 Å². The van der Waals surface area contributed by atoms with E-state index in [1.807, 2.05) is 41.5 Å². The van der Waals surface area contributed by atoms with Crippen molar-refractivity contribution in [2.45, 2.75) is 59.1 Å². The van der Waals surface area contributed by atoms with Gasteiger partial charge in [0.1, 0.15) is 5.60 Å². The molecule has 5 heteroatoms. The summed E-state index contributed by atoms with van der Waals surface area (Å²) < 4.78 is 5.31. The SMILES string of the molecule is CC(C)(C)NC(=O)C1CCN(C(=O)OC(C)(C)C)C1. The molecule has 1 N–H and O–H groups in total. The quantitative estimate of drug-likeness (QED) is 0.794. The Labute approximate surface area is 115 Å². The molecule has 1 heterocycles. The van der Waals surface area contributed by atoms with Crippen molar-refractivity contribution < 1.29 is 14.3 Å². The third-order valence-corrected chi connectivity index (χ3v) is 2.71. The topological polar surface area (TPSA) is 58.6 Å². The fraction of sp³-hybridized carbons (Fsp3) is 0.857. The number of carbonyl (C=O) groups is 2. The average Bonchev–Trinajstić information content (AvgIpc) is 2.60. The van der Waals surface area contributed by atoms with Crippen LogP contribution < -0.4 is 5.32 Å². The smallest absolute Gasteiger partial charge is 0.410 e. The second kappa shape index (κ2) is 5.39. The van der Waals surface area contributed by atoms with E-state index in [2.05, 4.69) is 5.32 Å². The van der Waals surface area contributed by atoms with E-state index in [1.54, 1.807) is 4.90 Å². The van der Waals surface area contributed by atoms with Crippen molar-refractivity contribution in [2.75, 3.05) is 13.1 Å². The number of amides is 2. The molecule has 1 fully saturated rings. The molecule has 0 radical (unpaired) electrons. The lowest BCUT2D eigenvalue weighted by molar-refractivity contribution is -0.126. The van der Waals surface area contributed by atoms with Crippen LogP contribution in [0.15, 0.2) is 0 Å². The molecule has 0 aromatic rings. The van der Waals surface area contributed by atoms with Gasteiger partial charge >= 0.3 is 6.09 Å². The molecule has 0 bridgehead atoms. The van der Waals surface area contributed by atoms with E-state index in [0.29, 0.717) is 19.5 Å². The Kier molecular flexibility index (Phi) is 4.48. The normalized spacial score (nSPS) is 20.3. The number of carbonyl (C=O) groups excluding carboxylic acids is 2. The van der Waals surface area contributed by atoms with E-state index in [-0.39, 0.29) is 23.5 Å². The van der Waals surface area contributed by atoms with E-state index in [1.165, 1.54) is 0 Å². The van der Waals surface area contributed by atoms with Crippen LogP contribution in [0.2, 0.25) is 0 Å². The molecule has 1 atom stereocenters. The summed E-state index contributed by atoms with van der Waals surface area (Å²) in [6, 6.07) is 0. The molecule has 5 nitrogen and oxygen atoms in total. The first-order valence-corrected chi connectivity index (χ1v) is 6.78. The Bertz CT molecular complexity index is 319. The highest BCUT2D eigenvalue weighted by molar-refractivity contribution is 5.81. The highest BCUT2D eigenvalue weighted by Crippen LogP contribution is 2.20. The van der Waals surface area contributed by atoms with Crippen LogP contribution in [0.5, 0.6) is 0 Å². The van der Waals surface area contributed by atoms with E-state index in [4.69, 9.17) is 4.74 Å². The minimum atomic E-state index is -0.497. The predicted octanol–water partition coefficient (Wildman–Crippen LogP) is 2.16. The molecule has 0 aromatic carbocycles. The fourth-order valence-corrected chi connectivity index (χ4v) is 1.94. The van der Waals surface area contributed by atoms with Crippen LogP contribution in [0.1, 0.15) is 48.0 Å². The van der Waals surface area contributed by atoms with Crippen LogP contribution in [0.25, 0.3) is 0 Å². The molecule has 1 aliphatic rings. The molecule has 1 rings (SSSR count). The van der Waals surface area contributed by atoms with Crippen LogP contribution in [-0.4, -0.2) is 41.1 Å². The Morgan fingerprint density at radius 3 is 2.21 bits per heavy atom. The molecule has 1 aliphatic heterocycles. The Hall–Kier alpha value is -1.26. The fourth-order valence-electron chi connectivity index (χ4n) is 1.94. The summed E-state index contributed by atoms with van der Waals surface area (Å²) in [7, 11) is 0. The van der Waals surface area contributed by atoms with Crippen LogP contribution in [-0.2, 0) is 9.53 Å². The number of rotatable bonds is 1. The lowest BCUT2D eigenvalue weighted by atomic mass is 10.0. The van der Waals surface area contributed by atoms with E-state index >= 15 is 0 Å². The predicted molar refractivity (Wildman–Crippen MR) is 73.8 cm³/mol. The minimum Gasteiger partial charge on any atom is -0.444 e. The molecule has 0 aliphatic carbocycles. The summed E-state index contributed by atoms with van der Waals surface area (Å²) in [5.41, 5.74) is -0.737. The number of nitrogens with one attached hydrogen (secondary N) is 1.